The molecule has 0 amide bonds. The molecule has 1 unspecified atom stereocenters. The van der Waals surface area contributed by atoms with Crippen LogP contribution in [0.4, 0.5) is 5.95 Å². The summed E-state index contributed by atoms with van der Waals surface area (Å²) in [5.74, 6) is 0.701. The van der Waals surface area contributed by atoms with E-state index in [1.807, 2.05) is 19.9 Å². The minimum Gasteiger partial charge on any atom is -0.354 e. The first-order valence-corrected chi connectivity index (χ1v) is 5.29. The van der Waals surface area contributed by atoms with E-state index in [1.54, 1.807) is 6.20 Å². The first-order chi connectivity index (χ1) is 6.68. The summed E-state index contributed by atoms with van der Waals surface area (Å²) >= 11 is 5.83. The lowest BCUT2D eigenvalue weighted by atomic mass is 10.2. The van der Waals surface area contributed by atoms with Crippen LogP contribution >= 0.6 is 11.6 Å². The van der Waals surface area contributed by atoms with Crippen LogP contribution in [0.25, 0.3) is 0 Å². The number of aromatic nitrogens is 2. The van der Waals surface area contributed by atoms with Gasteiger partial charge < -0.3 is 5.32 Å². The van der Waals surface area contributed by atoms with E-state index in [-0.39, 0.29) is 5.38 Å². The average molecular weight is 214 g/mol. The van der Waals surface area contributed by atoms with E-state index in [9.17, 15) is 0 Å². The predicted molar refractivity (Wildman–Crippen MR) is 59.8 cm³/mol. The van der Waals surface area contributed by atoms with E-state index in [0.717, 1.165) is 25.1 Å². The molecule has 0 aliphatic rings. The van der Waals surface area contributed by atoms with Crippen LogP contribution in [0, 0.1) is 6.92 Å². The first-order valence-electron chi connectivity index (χ1n) is 4.86. The molecule has 0 aliphatic carbocycles. The van der Waals surface area contributed by atoms with Gasteiger partial charge in [0.1, 0.15) is 0 Å². The van der Waals surface area contributed by atoms with Crippen molar-refractivity contribution in [2.24, 2.45) is 0 Å². The third-order valence-electron chi connectivity index (χ3n) is 1.86. The molecule has 0 aliphatic heterocycles. The Labute approximate surface area is 89.9 Å². The van der Waals surface area contributed by atoms with Gasteiger partial charge in [-0.3, -0.25) is 0 Å². The molecule has 1 rings (SSSR count). The van der Waals surface area contributed by atoms with Crippen molar-refractivity contribution in [3.05, 3.63) is 18.0 Å². The lowest BCUT2D eigenvalue weighted by Gasteiger charge is -2.05. The van der Waals surface area contributed by atoms with Crippen molar-refractivity contribution >= 4 is 17.5 Å². The first kappa shape index (κ1) is 11.2. The zero-order valence-electron chi connectivity index (χ0n) is 8.63. The molecule has 1 aromatic rings. The zero-order chi connectivity index (χ0) is 10.4. The lowest BCUT2D eigenvalue weighted by Crippen LogP contribution is -2.07. The third-order valence-corrected chi connectivity index (χ3v) is 2.07. The largest absolute Gasteiger partial charge is 0.354 e. The molecule has 0 spiro atoms. The number of hydrogen-bond acceptors (Lipinski definition) is 3. The van der Waals surface area contributed by atoms with Crippen molar-refractivity contribution in [1.29, 1.82) is 0 Å². The van der Waals surface area contributed by atoms with Crippen LogP contribution in [-0.4, -0.2) is 21.9 Å². The Balaban J connectivity index is 2.25. The minimum absolute atomic E-state index is 0.246. The van der Waals surface area contributed by atoms with Gasteiger partial charge in [-0.1, -0.05) is 0 Å². The fourth-order valence-electron chi connectivity index (χ4n) is 1.12. The summed E-state index contributed by atoms with van der Waals surface area (Å²) in [4.78, 5) is 8.34. The minimum atomic E-state index is 0.246. The molecule has 0 aromatic carbocycles. The smallest absolute Gasteiger partial charge is 0.222 e. The second-order valence-electron chi connectivity index (χ2n) is 3.37. The van der Waals surface area contributed by atoms with Crippen LogP contribution < -0.4 is 5.32 Å². The maximum atomic E-state index is 5.83. The molecule has 14 heavy (non-hydrogen) atoms. The Morgan fingerprint density at radius 2 is 2.36 bits per heavy atom. The van der Waals surface area contributed by atoms with Crippen molar-refractivity contribution in [3.63, 3.8) is 0 Å². The quantitative estimate of drug-likeness (QED) is 0.604. The number of nitrogens with zero attached hydrogens (tertiary/aromatic N) is 2. The summed E-state index contributed by atoms with van der Waals surface area (Å²) in [6, 6.07) is 1.88. The van der Waals surface area contributed by atoms with Gasteiger partial charge in [-0.2, -0.15) is 0 Å². The second-order valence-corrected chi connectivity index (χ2v) is 4.12. The van der Waals surface area contributed by atoms with E-state index in [1.165, 1.54) is 0 Å². The van der Waals surface area contributed by atoms with Gasteiger partial charge in [-0.05, 0) is 32.8 Å². The molecule has 0 fully saturated rings. The molecular weight excluding hydrogens is 198 g/mol. The monoisotopic (exact) mass is 213 g/mol. The number of rotatable bonds is 5. The molecule has 0 saturated heterocycles. The number of alkyl halides is 1. The van der Waals surface area contributed by atoms with E-state index < -0.39 is 0 Å². The summed E-state index contributed by atoms with van der Waals surface area (Å²) in [6.45, 7) is 4.83. The van der Waals surface area contributed by atoms with Gasteiger partial charge in [-0.15, -0.1) is 11.6 Å². The second kappa shape index (κ2) is 5.81. The van der Waals surface area contributed by atoms with Crippen molar-refractivity contribution in [3.8, 4) is 0 Å². The molecule has 1 aromatic heterocycles. The van der Waals surface area contributed by atoms with Crippen LogP contribution in [0.15, 0.2) is 12.3 Å². The molecule has 1 N–H and O–H groups in total. The molecule has 0 radical (unpaired) electrons. The Morgan fingerprint density at radius 3 is 3.00 bits per heavy atom. The van der Waals surface area contributed by atoms with Gasteiger partial charge in [0, 0.05) is 23.8 Å². The lowest BCUT2D eigenvalue weighted by molar-refractivity contribution is 0.746. The van der Waals surface area contributed by atoms with Gasteiger partial charge >= 0.3 is 0 Å². The fraction of sp³-hybridized carbons (Fsp3) is 0.600. The SMILES string of the molecule is Cc1ccnc(NCCCC(C)Cl)n1. The number of aryl methyl sites for hydroxylation is 1. The van der Waals surface area contributed by atoms with Gasteiger partial charge in [0.2, 0.25) is 5.95 Å². The Morgan fingerprint density at radius 1 is 1.57 bits per heavy atom. The summed E-state index contributed by atoms with van der Waals surface area (Å²) in [5, 5.41) is 3.41. The van der Waals surface area contributed by atoms with Gasteiger partial charge in [0.15, 0.2) is 0 Å². The van der Waals surface area contributed by atoms with E-state index in [0.29, 0.717) is 5.95 Å². The summed E-state index contributed by atoms with van der Waals surface area (Å²) < 4.78 is 0. The molecule has 0 saturated carbocycles. The molecule has 0 bridgehead atoms. The Kier molecular flexibility index (Phi) is 4.66. The number of halogens is 1. The summed E-state index contributed by atoms with van der Waals surface area (Å²) in [6.07, 6.45) is 3.82. The summed E-state index contributed by atoms with van der Waals surface area (Å²) in [7, 11) is 0. The van der Waals surface area contributed by atoms with Crippen molar-refractivity contribution in [1.82, 2.24) is 9.97 Å². The maximum absolute atomic E-state index is 5.83. The van der Waals surface area contributed by atoms with Crippen molar-refractivity contribution in [2.45, 2.75) is 32.1 Å². The highest BCUT2D eigenvalue weighted by molar-refractivity contribution is 6.20. The highest BCUT2D eigenvalue weighted by Gasteiger charge is 1.97. The number of anilines is 1. The van der Waals surface area contributed by atoms with Crippen LogP contribution in [0.5, 0.6) is 0 Å². The number of hydrogen-bond donors (Lipinski definition) is 1. The third kappa shape index (κ3) is 4.42. The standard InChI is InChI=1S/C10H16ClN3/c1-8(11)4-3-6-12-10-13-7-5-9(2)14-10/h5,7-8H,3-4,6H2,1-2H3,(H,12,13,14). The Bertz CT molecular complexity index is 276. The van der Waals surface area contributed by atoms with E-state index in [4.69, 9.17) is 11.6 Å². The molecule has 1 heterocycles. The molecule has 3 nitrogen and oxygen atoms in total. The molecule has 4 heteroatoms. The zero-order valence-corrected chi connectivity index (χ0v) is 9.38. The fourth-order valence-corrected chi connectivity index (χ4v) is 1.27. The highest BCUT2D eigenvalue weighted by atomic mass is 35.5. The predicted octanol–water partition coefficient (Wildman–Crippen LogP) is 2.60. The van der Waals surface area contributed by atoms with Gasteiger partial charge in [0.25, 0.3) is 0 Å². The van der Waals surface area contributed by atoms with Crippen molar-refractivity contribution < 1.29 is 0 Å². The van der Waals surface area contributed by atoms with Gasteiger partial charge in [-0.25, -0.2) is 9.97 Å². The topological polar surface area (TPSA) is 37.8 Å². The highest BCUT2D eigenvalue weighted by Crippen LogP contribution is 2.04. The van der Waals surface area contributed by atoms with E-state index in [2.05, 4.69) is 15.3 Å². The van der Waals surface area contributed by atoms with Crippen LogP contribution in [0.3, 0.4) is 0 Å². The van der Waals surface area contributed by atoms with Crippen LogP contribution in [0.1, 0.15) is 25.5 Å². The van der Waals surface area contributed by atoms with E-state index >= 15 is 0 Å². The normalized spacial score (nSPS) is 12.5. The molecular formula is C10H16ClN3. The van der Waals surface area contributed by atoms with Crippen LogP contribution in [-0.2, 0) is 0 Å². The summed E-state index contributed by atoms with van der Waals surface area (Å²) in [5.41, 5.74) is 0.980. The Hall–Kier alpha value is -0.830. The van der Waals surface area contributed by atoms with Crippen molar-refractivity contribution in [2.75, 3.05) is 11.9 Å². The number of nitrogens with one attached hydrogen (secondary N) is 1. The molecule has 1 atom stereocenters. The average Bonchev–Trinajstić information content (AvgIpc) is 2.12. The van der Waals surface area contributed by atoms with Crippen LogP contribution in [0.2, 0.25) is 0 Å². The maximum Gasteiger partial charge on any atom is 0.222 e. The molecule has 78 valence electrons. The van der Waals surface area contributed by atoms with Gasteiger partial charge in [0.05, 0.1) is 0 Å².